The van der Waals surface area contributed by atoms with Crippen LogP contribution in [0.2, 0.25) is 0 Å². The Labute approximate surface area is 126 Å². The molecule has 2 heterocycles. The first kappa shape index (κ1) is 16.3. The number of sulfone groups is 1. The summed E-state index contributed by atoms with van der Waals surface area (Å²) in [4.78, 5) is 26.4. The standard InChI is InChI=1S/C14H24N2O4S/c1-9(2)8-12-14(18)16(10(3)13(17)15-12)11-4-6-21(19,20)7-5-11/h9-12H,4-8H2,1-3H3,(H,15,17). The summed E-state index contributed by atoms with van der Waals surface area (Å²) >= 11 is 0. The van der Waals surface area contributed by atoms with Crippen molar-refractivity contribution in [3.63, 3.8) is 0 Å². The number of piperazine rings is 1. The zero-order chi connectivity index (χ0) is 15.8. The van der Waals surface area contributed by atoms with Crippen molar-refractivity contribution < 1.29 is 18.0 Å². The van der Waals surface area contributed by atoms with Crippen LogP contribution in [0.15, 0.2) is 0 Å². The molecule has 0 radical (unpaired) electrons. The van der Waals surface area contributed by atoms with E-state index < -0.39 is 21.9 Å². The Morgan fingerprint density at radius 2 is 1.81 bits per heavy atom. The summed E-state index contributed by atoms with van der Waals surface area (Å²) in [6.45, 7) is 5.73. The van der Waals surface area contributed by atoms with Crippen LogP contribution in [0.4, 0.5) is 0 Å². The number of amides is 2. The van der Waals surface area contributed by atoms with Crippen LogP contribution < -0.4 is 5.32 Å². The van der Waals surface area contributed by atoms with Crippen LogP contribution in [0.1, 0.15) is 40.0 Å². The Morgan fingerprint density at radius 1 is 1.24 bits per heavy atom. The van der Waals surface area contributed by atoms with Crippen LogP contribution in [0.3, 0.4) is 0 Å². The van der Waals surface area contributed by atoms with Crippen molar-refractivity contribution in [1.29, 1.82) is 0 Å². The van der Waals surface area contributed by atoms with Gasteiger partial charge in [-0.2, -0.15) is 0 Å². The second kappa shape index (κ2) is 5.94. The van der Waals surface area contributed by atoms with Gasteiger partial charge in [0, 0.05) is 6.04 Å². The molecule has 2 atom stereocenters. The fraction of sp³-hybridized carbons (Fsp3) is 0.857. The minimum absolute atomic E-state index is 0.0694. The predicted molar refractivity (Wildman–Crippen MR) is 79.4 cm³/mol. The molecule has 2 unspecified atom stereocenters. The van der Waals surface area contributed by atoms with Gasteiger partial charge in [-0.15, -0.1) is 0 Å². The molecule has 0 saturated carbocycles. The monoisotopic (exact) mass is 316 g/mol. The molecule has 0 aliphatic carbocycles. The van der Waals surface area contributed by atoms with E-state index in [1.54, 1.807) is 11.8 Å². The normalized spacial score (nSPS) is 30.6. The molecule has 0 aromatic carbocycles. The SMILES string of the molecule is CC(C)CC1NC(=O)C(C)N(C2CCS(=O)(=O)CC2)C1=O. The van der Waals surface area contributed by atoms with E-state index in [2.05, 4.69) is 5.32 Å². The highest BCUT2D eigenvalue weighted by atomic mass is 32.2. The lowest BCUT2D eigenvalue weighted by molar-refractivity contribution is -0.152. The largest absolute Gasteiger partial charge is 0.343 e. The molecule has 2 aliphatic heterocycles. The van der Waals surface area contributed by atoms with Crippen LogP contribution >= 0.6 is 0 Å². The number of nitrogens with zero attached hydrogens (tertiary/aromatic N) is 1. The number of carbonyl (C=O) groups is 2. The lowest BCUT2D eigenvalue weighted by atomic mass is 9.96. The van der Waals surface area contributed by atoms with Crippen molar-refractivity contribution in [3.05, 3.63) is 0 Å². The van der Waals surface area contributed by atoms with Gasteiger partial charge in [0.15, 0.2) is 0 Å². The Kier molecular flexibility index (Phi) is 4.60. The average molecular weight is 316 g/mol. The number of carbonyl (C=O) groups excluding carboxylic acids is 2. The van der Waals surface area contributed by atoms with Crippen LogP contribution in [-0.2, 0) is 19.4 Å². The summed E-state index contributed by atoms with van der Waals surface area (Å²) in [5.41, 5.74) is 0. The number of hydrogen-bond acceptors (Lipinski definition) is 4. The van der Waals surface area contributed by atoms with E-state index in [9.17, 15) is 18.0 Å². The van der Waals surface area contributed by atoms with E-state index >= 15 is 0 Å². The Morgan fingerprint density at radius 3 is 2.33 bits per heavy atom. The smallest absolute Gasteiger partial charge is 0.246 e. The van der Waals surface area contributed by atoms with Gasteiger partial charge >= 0.3 is 0 Å². The zero-order valence-corrected chi connectivity index (χ0v) is 13.6. The number of rotatable bonds is 3. The van der Waals surface area contributed by atoms with Crippen molar-refractivity contribution in [2.24, 2.45) is 5.92 Å². The fourth-order valence-corrected chi connectivity index (χ4v) is 4.60. The van der Waals surface area contributed by atoms with E-state index in [0.717, 1.165) is 0 Å². The van der Waals surface area contributed by atoms with Crippen LogP contribution in [0.25, 0.3) is 0 Å². The second-order valence-electron chi connectivity index (χ2n) is 6.50. The fourth-order valence-electron chi connectivity index (χ4n) is 3.13. The Balaban J connectivity index is 2.15. The van der Waals surface area contributed by atoms with Gasteiger partial charge in [0.25, 0.3) is 0 Å². The van der Waals surface area contributed by atoms with Crippen LogP contribution in [0, 0.1) is 5.92 Å². The van der Waals surface area contributed by atoms with Crippen molar-refractivity contribution in [2.45, 2.75) is 58.2 Å². The molecule has 7 heteroatoms. The first-order chi connectivity index (χ1) is 9.71. The molecular formula is C14H24N2O4S. The molecule has 120 valence electrons. The van der Waals surface area contributed by atoms with E-state index in [0.29, 0.717) is 25.2 Å². The molecule has 21 heavy (non-hydrogen) atoms. The zero-order valence-electron chi connectivity index (χ0n) is 12.8. The molecule has 2 amide bonds. The summed E-state index contributed by atoms with van der Waals surface area (Å²) < 4.78 is 23.1. The molecule has 2 fully saturated rings. The lowest BCUT2D eigenvalue weighted by Gasteiger charge is -2.43. The van der Waals surface area contributed by atoms with Gasteiger partial charge < -0.3 is 10.2 Å². The van der Waals surface area contributed by atoms with Crippen molar-refractivity contribution in [1.82, 2.24) is 10.2 Å². The number of hydrogen-bond donors (Lipinski definition) is 1. The maximum absolute atomic E-state index is 12.6. The molecule has 0 bridgehead atoms. The van der Waals surface area contributed by atoms with Gasteiger partial charge in [-0.25, -0.2) is 8.42 Å². The maximum Gasteiger partial charge on any atom is 0.246 e. The summed E-state index contributed by atoms with van der Waals surface area (Å²) in [5, 5.41) is 2.78. The first-order valence-electron chi connectivity index (χ1n) is 7.54. The van der Waals surface area contributed by atoms with Crippen molar-refractivity contribution in [3.8, 4) is 0 Å². The average Bonchev–Trinajstić information content (AvgIpc) is 2.37. The van der Waals surface area contributed by atoms with E-state index in [1.165, 1.54) is 0 Å². The third-order valence-corrected chi connectivity index (χ3v) is 6.01. The highest BCUT2D eigenvalue weighted by Gasteiger charge is 2.42. The molecule has 2 aliphatic rings. The van der Waals surface area contributed by atoms with Gasteiger partial charge in [-0.05, 0) is 32.1 Å². The van der Waals surface area contributed by atoms with Gasteiger partial charge in [0.05, 0.1) is 11.5 Å². The van der Waals surface area contributed by atoms with Crippen LogP contribution in [-0.4, -0.2) is 54.8 Å². The highest BCUT2D eigenvalue weighted by Crippen LogP contribution is 2.25. The molecular weight excluding hydrogens is 292 g/mol. The molecule has 2 saturated heterocycles. The quantitative estimate of drug-likeness (QED) is 0.813. The van der Waals surface area contributed by atoms with E-state index in [-0.39, 0.29) is 29.4 Å². The first-order valence-corrected chi connectivity index (χ1v) is 9.36. The van der Waals surface area contributed by atoms with Crippen molar-refractivity contribution in [2.75, 3.05) is 11.5 Å². The van der Waals surface area contributed by atoms with Crippen LogP contribution in [0.5, 0.6) is 0 Å². The summed E-state index contributed by atoms with van der Waals surface area (Å²) in [5.74, 6) is 0.296. The molecule has 0 aromatic rings. The van der Waals surface area contributed by atoms with Gasteiger partial charge in [0.2, 0.25) is 11.8 Å². The highest BCUT2D eigenvalue weighted by molar-refractivity contribution is 7.91. The molecule has 6 nitrogen and oxygen atoms in total. The van der Waals surface area contributed by atoms with Gasteiger partial charge in [-0.3, -0.25) is 9.59 Å². The van der Waals surface area contributed by atoms with Gasteiger partial charge in [0.1, 0.15) is 21.9 Å². The third kappa shape index (κ3) is 3.56. The topological polar surface area (TPSA) is 83.6 Å². The molecule has 0 aromatic heterocycles. The molecule has 2 rings (SSSR count). The van der Waals surface area contributed by atoms with E-state index in [1.807, 2.05) is 13.8 Å². The van der Waals surface area contributed by atoms with Crippen molar-refractivity contribution >= 4 is 21.7 Å². The van der Waals surface area contributed by atoms with Gasteiger partial charge in [-0.1, -0.05) is 13.8 Å². The maximum atomic E-state index is 12.6. The molecule has 0 spiro atoms. The summed E-state index contributed by atoms with van der Waals surface area (Å²) in [6, 6.07) is -1.14. The summed E-state index contributed by atoms with van der Waals surface area (Å²) in [7, 11) is -2.97. The Hall–Kier alpha value is -1.11. The predicted octanol–water partition coefficient (Wildman–Crippen LogP) is 0.325. The minimum Gasteiger partial charge on any atom is -0.343 e. The number of nitrogens with one attached hydrogen (secondary N) is 1. The molecule has 1 N–H and O–H groups in total. The lowest BCUT2D eigenvalue weighted by Crippen LogP contribution is -2.65. The Bertz CT molecular complexity index is 515. The minimum atomic E-state index is -2.97. The van der Waals surface area contributed by atoms with E-state index in [4.69, 9.17) is 0 Å². The third-order valence-electron chi connectivity index (χ3n) is 4.29. The second-order valence-corrected chi connectivity index (χ2v) is 8.80. The summed E-state index contributed by atoms with van der Waals surface area (Å²) in [6.07, 6.45) is 1.47.